The first-order valence-corrected chi connectivity index (χ1v) is 8.66. The molecule has 0 aromatic heterocycles. The van der Waals surface area contributed by atoms with Gasteiger partial charge in [0.05, 0.1) is 6.10 Å². The number of carboxylic acids is 1. The van der Waals surface area contributed by atoms with Gasteiger partial charge in [0, 0.05) is 6.42 Å². The van der Waals surface area contributed by atoms with Gasteiger partial charge in [0.2, 0.25) is 0 Å². The minimum Gasteiger partial charge on any atom is -0.481 e. The fourth-order valence-electron chi connectivity index (χ4n) is 2.01. The van der Waals surface area contributed by atoms with Crippen molar-refractivity contribution < 1.29 is 15.0 Å². The van der Waals surface area contributed by atoms with Crippen molar-refractivity contribution in [2.75, 3.05) is 0 Å². The van der Waals surface area contributed by atoms with Crippen molar-refractivity contribution >= 4 is 5.97 Å². The highest BCUT2D eigenvalue weighted by Gasteiger charge is 1.97. The molecule has 0 aliphatic rings. The number of carboxylic acid groups (broad SMARTS) is 1. The Morgan fingerprint density at radius 2 is 1.43 bits per heavy atom. The van der Waals surface area contributed by atoms with Crippen molar-refractivity contribution in [1.29, 1.82) is 0 Å². The summed E-state index contributed by atoms with van der Waals surface area (Å²) in [6.07, 6.45) is 23.8. The summed E-state index contributed by atoms with van der Waals surface area (Å²) < 4.78 is 0. The third-order valence-corrected chi connectivity index (χ3v) is 3.27. The Kier molecular flexibility index (Phi) is 15.6. The summed E-state index contributed by atoms with van der Waals surface area (Å²) in [4.78, 5) is 10.3. The summed E-state index contributed by atoms with van der Waals surface area (Å²) in [7, 11) is 0. The van der Waals surface area contributed by atoms with Gasteiger partial charge in [-0.05, 0) is 44.9 Å². The maximum Gasteiger partial charge on any atom is 0.303 e. The fourth-order valence-corrected chi connectivity index (χ4v) is 2.01. The maximum absolute atomic E-state index is 10.3. The third-order valence-electron chi connectivity index (χ3n) is 3.27. The first-order valence-electron chi connectivity index (χ1n) is 8.66. The van der Waals surface area contributed by atoms with E-state index in [1.165, 1.54) is 0 Å². The summed E-state index contributed by atoms with van der Waals surface area (Å²) in [6.45, 7) is 2.08. The van der Waals surface area contributed by atoms with Crippen molar-refractivity contribution in [3.63, 3.8) is 0 Å². The Morgan fingerprint density at radius 1 is 0.913 bits per heavy atom. The quantitative estimate of drug-likeness (QED) is 0.342. The first-order chi connectivity index (χ1) is 11.2. The Bertz CT molecular complexity index is 392. The molecule has 0 fully saturated rings. The number of aliphatic carboxylic acids is 1. The van der Waals surface area contributed by atoms with Gasteiger partial charge < -0.3 is 10.2 Å². The second-order valence-corrected chi connectivity index (χ2v) is 5.56. The van der Waals surface area contributed by atoms with Gasteiger partial charge in [0.25, 0.3) is 0 Å². The molecule has 0 aromatic carbocycles. The standard InChI is InChI=1S/C20H32O3/c1-2-16-19(21)17-14-12-10-8-6-4-3-5-7-9-11-13-15-18-20(22)23/h3,5-6,8-9,11-12,14,19,21H,2,4,7,10,13,15-18H2,1H3,(H,22,23). The molecule has 0 bridgehead atoms. The van der Waals surface area contributed by atoms with E-state index in [1.54, 1.807) is 0 Å². The number of hydrogen-bond acceptors (Lipinski definition) is 2. The van der Waals surface area contributed by atoms with Crippen LogP contribution >= 0.6 is 0 Å². The van der Waals surface area contributed by atoms with E-state index in [0.717, 1.165) is 44.9 Å². The third kappa shape index (κ3) is 18.3. The molecule has 0 aromatic rings. The summed E-state index contributed by atoms with van der Waals surface area (Å²) in [6, 6.07) is 0. The smallest absolute Gasteiger partial charge is 0.303 e. The van der Waals surface area contributed by atoms with Crippen LogP contribution in [0.2, 0.25) is 0 Å². The lowest BCUT2D eigenvalue weighted by Crippen LogP contribution is -2.02. The van der Waals surface area contributed by atoms with Crippen LogP contribution in [0.3, 0.4) is 0 Å². The molecule has 2 N–H and O–H groups in total. The number of hydrogen-bond donors (Lipinski definition) is 2. The number of rotatable bonds is 14. The van der Waals surface area contributed by atoms with E-state index < -0.39 is 5.97 Å². The van der Waals surface area contributed by atoms with E-state index in [4.69, 9.17) is 5.11 Å². The van der Waals surface area contributed by atoms with Crippen LogP contribution < -0.4 is 0 Å². The average molecular weight is 320 g/mol. The van der Waals surface area contributed by atoms with E-state index >= 15 is 0 Å². The van der Waals surface area contributed by atoms with Crippen molar-refractivity contribution in [2.24, 2.45) is 0 Å². The largest absolute Gasteiger partial charge is 0.481 e. The molecule has 0 aliphatic carbocycles. The molecule has 1 atom stereocenters. The molecule has 0 rings (SSSR count). The van der Waals surface area contributed by atoms with E-state index in [9.17, 15) is 9.90 Å². The lowest BCUT2D eigenvalue weighted by atomic mass is 10.1. The number of carbonyl (C=O) groups is 1. The van der Waals surface area contributed by atoms with E-state index in [2.05, 4.69) is 49.5 Å². The molecule has 0 heterocycles. The van der Waals surface area contributed by atoms with Crippen LogP contribution in [0.1, 0.15) is 64.7 Å². The second kappa shape index (κ2) is 16.8. The zero-order chi connectivity index (χ0) is 17.2. The second-order valence-electron chi connectivity index (χ2n) is 5.56. The highest BCUT2D eigenvalue weighted by Crippen LogP contribution is 2.02. The van der Waals surface area contributed by atoms with Crippen LogP contribution in [-0.4, -0.2) is 22.3 Å². The summed E-state index contributed by atoms with van der Waals surface area (Å²) >= 11 is 0. The van der Waals surface area contributed by atoms with Crippen molar-refractivity contribution in [3.05, 3.63) is 48.6 Å². The molecule has 0 saturated heterocycles. The van der Waals surface area contributed by atoms with Gasteiger partial charge in [0.1, 0.15) is 0 Å². The molecule has 3 nitrogen and oxygen atoms in total. The lowest BCUT2D eigenvalue weighted by Gasteiger charge is -2.03. The zero-order valence-corrected chi connectivity index (χ0v) is 14.4. The molecule has 23 heavy (non-hydrogen) atoms. The minimum absolute atomic E-state index is 0.194. The predicted molar refractivity (Wildman–Crippen MR) is 97.4 cm³/mol. The van der Waals surface area contributed by atoms with Gasteiger partial charge in [-0.3, -0.25) is 4.79 Å². The van der Waals surface area contributed by atoms with Gasteiger partial charge in [-0.2, -0.15) is 0 Å². The molecule has 0 aliphatic heterocycles. The van der Waals surface area contributed by atoms with Crippen molar-refractivity contribution in [3.8, 4) is 0 Å². The van der Waals surface area contributed by atoms with E-state index in [-0.39, 0.29) is 12.5 Å². The number of unbranched alkanes of at least 4 members (excludes halogenated alkanes) is 1. The van der Waals surface area contributed by atoms with Crippen LogP contribution in [-0.2, 0) is 4.79 Å². The van der Waals surface area contributed by atoms with Gasteiger partial charge >= 0.3 is 5.97 Å². The molecule has 0 radical (unpaired) electrons. The topological polar surface area (TPSA) is 57.5 Å². The Balaban J connectivity index is 3.50. The molecule has 130 valence electrons. The van der Waals surface area contributed by atoms with Crippen LogP contribution in [0.4, 0.5) is 0 Å². The van der Waals surface area contributed by atoms with E-state index in [1.807, 2.05) is 6.08 Å². The maximum atomic E-state index is 10.3. The summed E-state index contributed by atoms with van der Waals surface area (Å²) in [5.41, 5.74) is 0. The van der Waals surface area contributed by atoms with Crippen LogP contribution in [0.25, 0.3) is 0 Å². The molecule has 3 heteroatoms. The highest BCUT2D eigenvalue weighted by molar-refractivity contribution is 5.66. The molecule has 0 amide bonds. The Morgan fingerprint density at radius 3 is 1.96 bits per heavy atom. The molecular formula is C20H32O3. The summed E-state index contributed by atoms with van der Waals surface area (Å²) in [5.74, 6) is -0.725. The molecular weight excluding hydrogens is 288 g/mol. The normalized spacial score (nSPS) is 13.8. The monoisotopic (exact) mass is 320 g/mol. The molecule has 0 spiro atoms. The van der Waals surface area contributed by atoms with Gasteiger partial charge in [-0.15, -0.1) is 0 Å². The Labute approximate surface area is 141 Å². The van der Waals surface area contributed by atoms with Crippen molar-refractivity contribution in [2.45, 2.75) is 70.8 Å². The lowest BCUT2D eigenvalue weighted by molar-refractivity contribution is -0.137. The van der Waals surface area contributed by atoms with Crippen LogP contribution in [0.15, 0.2) is 48.6 Å². The van der Waals surface area contributed by atoms with Crippen LogP contribution in [0.5, 0.6) is 0 Å². The van der Waals surface area contributed by atoms with Gasteiger partial charge in [0.15, 0.2) is 0 Å². The van der Waals surface area contributed by atoms with Crippen LogP contribution in [0, 0.1) is 0 Å². The minimum atomic E-state index is -0.725. The molecule has 1 unspecified atom stereocenters. The predicted octanol–water partition coefficient (Wildman–Crippen LogP) is 5.19. The SMILES string of the molecule is CCCC(O)CC=CCC=CCC=CCC=CCCCC(=O)O. The zero-order valence-electron chi connectivity index (χ0n) is 14.4. The van der Waals surface area contributed by atoms with Gasteiger partial charge in [-0.25, -0.2) is 0 Å². The number of allylic oxidation sites excluding steroid dienone is 7. The first kappa shape index (κ1) is 21.4. The van der Waals surface area contributed by atoms with Crippen molar-refractivity contribution in [1.82, 2.24) is 0 Å². The number of aliphatic hydroxyl groups excluding tert-OH is 1. The van der Waals surface area contributed by atoms with E-state index in [0.29, 0.717) is 6.42 Å². The average Bonchev–Trinajstić information content (AvgIpc) is 2.51. The fraction of sp³-hybridized carbons (Fsp3) is 0.550. The molecule has 0 saturated carbocycles. The number of aliphatic hydroxyl groups is 1. The Hall–Kier alpha value is -1.61. The highest BCUT2D eigenvalue weighted by atomic mass is 16.4. The van der Waals surface area contributed by atoms with Gasteiger partial charge in [-0.1, -0.05) is 62.0 Å². The summed E-state index contributed by atoms with van der Waals surface area (Å²) in [5, 5.41) is 18.0.